The number of carboxylic acid groups (broad SMARTS) is 2. The van der Waals surface area contributed by atoms with E-state index in [1.165, 1.54) is 0 Å². The van der Waals surface area contributed by atoms with Crippen LogP contribution in [-0.4, -0.2) is 359 Å². The number of carboxylic acids is 2. The lowest BCUT2D eigenvalue weighted by Gasteiger charge is -2.50. The fourth-order valence-corrected chi connectivity index (χ4v) is 14.3. The predicted octanol–water partition coefficient (Wildman–Crippen LogP) is -10.9. The van der Waals surface area contributed by atoms with Gasteiger partial charge in [-0.05, 0) is 0 Å². The van der Waals surface area contributed by atoms with Crippen molar-refractivity contribution in [3.05, 3.63) is 0 Å². The average Bonchev–Trinajstić information content (AvgIpc) is 0.757. The van der Waals surface area contributed by atoms with Crippen LogP contribution in [0.25, 0.3) is 0 Å². The van der Waals surface area contributed by atoms with E-state index in [2.05, 4.69) is 41.8 Å². The second-order valence-electron chi connectivity index (χ2n) is 19.9. The van der Waals surface area contributed by atoms with Gasteiger partial charge in [0.1, 0.15) is 79.4 Å². The lowest BCUT2D eigenvalue weighted by atomic mass is 9.95. The molecule has 5 heterocycles. The molecule has 13 N–H and O–H groups in total. The number of methoxy groups -OCH3 is 4. The van der Waals surface area contributed by atoms with E-state index in [4.69, 9.17) is 61.6 Å². The molecule has 0 radical (unpaired) electrons. The Morgan fingerprint density at radius 3 is 0.755 bits per heavy atom. The minimum atomic E-state index is -6.55. The summed E-state index contributed by atoms with van der Waals surface area (Å²) in [6, 6.07) is 0. The van der Waals surface area contributed by atoms with Crippen LogP contribution in [-0.2, 0) is 217 Å². The van der Waals surface area contributed by atoms with Gasteiger partial charge in [-0.3, -0.25) is 45.5 Å². The van der Waals surface area contributed by atoms with Crippen LogP contribution in [0.3, 0.4) is 0 Å². The first-order valence-corrected chi connectivity index (χ1v) is 39.4. The van der Waals surface area contributed by atoms with E-state index in [0.717, 1.165) is 14.2 Å². The molecule has 5 fully saturated rings. The monoisotopic (exact) mass is 1710 g/mol. The molecular weight excluding hydrogens is 1660 g/mol. The van der Waals surface area contributed by atoms with Crippen molar-refractivity contribution in [2.75, 3.05) is 48.3 Å². The largest absolute Gasteiger partial charge is 0.479 e. The van der Waals surface area contributed by atoms with Crippen molar-refractivity contribution in [2.24, 2.45) is 0 Å². The van der Waals surface area contributed by atoms with Crippen LogP contribution in [0.2, 0.25) is 0 Å². The number of carbonyl (C=O) groups is 2. The molecule has 5 saturated heterocycles. The third-order valence-corrected chi connectivity index (χ3v) is 17.9. The zero-order valence-corrected chi connectivity index (χ0v) is 58.0. The number of rotatable bonds is 37. The molecule has 5 aliphatic heterocycles. The maximum atomic E-state index is 13.3. The lowest BCUT2D eigenvalue weighted by Crippen LogP contribution is -2.70. The molecule has 5 aliphatic rings. The molecule has 0 spiro atoms. The van der Waals surface area contributed by atoms with Gasteiger partial charge in [-0.2, -0.15) is 84.2 Å². The highest BCUT2D eigenvalue weighted by Crippen LogP contribution is 2.42. The van der Waals surface area contributed by atoms with Gasteiger partial charge in [0.05, 0.1) is 19.8 Å². The summed E-state index contributed by atoms with van der Waals surface area (Å²) in [5.41, 5.74) is 0. The summed E-state index contributed by atoms with van der Waals surface area (Å²) in [4.78, 5) is 26.6. The summed E-state index contributed by atoms with van der Waals surface area (Å²) in [5, 5.41) is 31.9. The van der Waals surface area contributed by atoms with E-state index in [9.17, 15) is 155 Å². The molecule has 102 heavy (non-hydrogen) atoms. The summed E-state index contributed by atoms with van der Waals surface area (Å²) < 4.78 is 457. The van der Waals surface area contributed by atoms with Crippen LogP contribution in [0, 0.1) is 0 Å². The highest BCUT2D eigenvalue weighted by atomic mass is 32.3. The molecule has 0 aliphatic carbocycles. The number of aliphatic hydroxyl groups excluding tert-OH is 1. The minimum absolute atomic E-state index is 0.347. The molecule has 0 aromatic heterocycles. The van der Waals surface area contributed by atoms with Crippen molar-refractivity contribution >= 4 is 116 Å². The molecule has 0 saturated carbocycles. The van der Waals surface area contributed by atoms with E-state index in [1.54, 1.807) is 0 Å². The second kappa shape index (κ2) is 34.3. The Balaban J connectivity index is 1.73. The molecule has 0 aromatic carbocycles. The van der Waals surface area contributed by atoms with Crippen molar-refractivity contribution in [1.29, 1.82) is 0 Å². The summed E-state index contributed by atoms with van der Waals surface area (Å²) in [7, 11) is -58.7. The molecule has 0 unspecified atom stereocenters. The summed E-state index contributed by atoms with van der Waals surface area (Å²) >= 11 is 0. The molecule has 25 atom stereocenters. The topological polar surface area (TPSA) is 851 Å². The third-order valence-electron chi connectivity index (χ3n) is 13.3. The second-order valence-corrected chi connectivity index (χ2v) is 30.5. The fraction of sp³-hybridized carbons (Fsp3) is 0.941. The summed E-state index contributed by atoms with van der Waals surface area (Å²) in [6.45, 7) is -5.40. The van der Waals surface area contributed by atoms with Crippen LogP contribution >= 0.6 is 0 Å². The normalized spacial score (nSPS) is 36.1. The van der Waals surface area contributed by atoms with Crippen molar-refractivity contribution in [3.63, 3.8) is 0 Å². The molecule has 68 heteroatoms. The SMILES string of the molecule is CO[C@@H]1[C@@H](OS(=O)(=O)O)[C@H](O[C@H]2[C@H](OS(=O)(=O)O)[C@@H](OS(=O)(=O)O)[C@@H](O[C@H]3[C@H](OC)[C@@H](OS(=O)(=O)O)[C@H](O[C@H]4[C@H](OS(=O)(=O)O)[C@@H](OS(=O)(=O)O)[C@@H](O)O[C@@H]4COS(=O)(=O)O)O[C@H]3C(=O)O)O[C@@H]2COS(=O)(=O)O)O[C@H](C(=O)O)[C@H]1O[C@H]1O[C@H](COS(=O)(=O)O)[C@@H](OC)[C@H](OC)[C@H]1OS(=O)(=O)O. The summed E-state index contributed by atoms with van der Waals surface area (Å²) in [5.74, 6) is -5.06. The van der Waals surface area contributed by atoms with E-state index in [-0.39, 0.29) is 0 Å². The smallest absolute Gasteiger partial charge is 0.397 e. The lowest BCUT2D eigenvalue weighted by molar-refractivity contribution is -0.383. The van der Waals surface area contributed by atoms with Gasteiger partial charge >= 0.3 is 116 Å². The molecule has 600 valence electrons. The van der Waals surface area contributed by atoms with Gasteiger partial charge < -0.3 is 76.9 Å². The van der Waals surface area contributed by atoms with E-state index in [1.807, 2.05) is 0 Å². The van der Waals surface area contributed by atoms with Crippen LogP contribution in [0.15, 0.2) is 0 Å². The Morgan fingerprint density at radius 2 is 0.490 bits per heavy atom. The van der Waals surface area contributed by atoms with Crippen molar-refractivity contribution in [2.45, 2.75) is 154 Å². The Kier molecular flexibility index (Phi) is 30.2. The molecule has 0 amide bonds. The van der Waals surface area contributed by atoms with Gasteiger partial charge in [0.15, 0.2) is 74.2 Å². The van der Waals surface area contributed by atoms with Crippen LogP contribution in [0.4, 0.5) is 0 Å². The fourth-order valence-electron chi connectivity index (χ4n) is 10.0. The Bertz CT molecular complexity index is 4100. The van der Waals surface area contributed by atoms with Gasteiger partial charge in [0.25, 0.3) is 0 Å². The van der Waals surface area contributed by atoms with Gasteiger partial charge in [-0.25, -0.2) is 51.4 Å². The highest BCUT2D eigenvalue weighted by molar-refractivity contribution is 7.83. The van der Waals surface area contributed by atoms with Crippen molar-refractivity contribution in [3.8, 4) is 0 Å². The number of hydrogen-bond donors (Lipinski definition) is 13. The van der Waals surface area contributed by atoms with E-state index in [0.29, 0.717) is 14.2 Å². The van der Waals surface area contributed by atoms with Crippen LogP contribution in [0.1, 0.15) is 0 Å². The first-order valence-electron chi connectivity index (χ1n) is 25.7. The van der Waals surface area contributed by atoms with Gasteiger partial charge in [0.2, 0.25) is 0 Å². The zero-order chi connectivity index (χ0) is 78.0. The van der Waals surface area contributed by atoms with Crippen LogP contribution in [0.5, 0.6) is 0 Å². The quantitative estimate of drug-likeness (QED) is 0.0257. The Labute approximate surface area is 572 Å². The minimum Gasteiger partial charge on any atom is -0.479 e. The predicted molar refractivity (Wildman–Crippen MR) is 291 cm³/mol. The first-order chi connectivity index (χ1) is 46.1. The third kappa shape index (κ3) is 27.0. The zero-order valence-electron chi connectivity index (χ0n) is 49.8. The molecule has 0 bridgehead atoms. The molecular formula is C34H56O58S10. The maximum absolute atomic E-state index is 13.3. The van der Waals surface area contributed by atoms with Gasteiger partial charge in [0, 0.05) is 28.4 Å². The highest BCUT2D eigenvalue weighted by Gasteiger charge is 2.63. The van der Waals surface area contributed by atoms with Crippen molar-refractivity contribution < 1.29 is 258 Å². The number of ether oxygens (including phenoxy) is 13. The average molecular weight is 1710 g/mol. The van der Waals surface area contributed by atoms with E-state index >= 15 is 0 Å². The van der Waals surface area contributed by atoms with E-state index < -0.39 is 289 Å². The molecule has 58 nitrogen and oxygen atoms in total. The molecule has 0 aromatic rings. The first kappa shape index (κ1) is 89.7. The van der Waals surface area contributed by atoms with Gasteiger partial charge in [-0.15, -0.1) is 0 Å². The number of aliphatic carboxylic acids is 2. The maximum Gasteiger partial charge on any atom is 0.397 e. The van der Waals surface area contributed by atoms with Gasteiger partial charge in [-0.1, -0.05) is 0 Å². The number of aliphatic hydroxyl groups is 1. The Hall–Kier alpha value is -2.92. The van der Waals surface area contributed by atoms with Crippen LogP contribution < -0.4 is 0 Å². The van der Waals surface area contributed by atoms with Crippen molar-refractivity contribution in [1.82, 2.24) is 0 Å². The Morgan fingerprint density at radius 1 is 0.275 bits per heavy atom. The molecule has 5 rings (SSSR count). The standard InChI is InChI=1S/C34H56O58S10/c1-70-11-8(5-74-93(40,41)42)78-31(24(14(11)71-2)89-99(58,59)60)82-17-15(72-3)26(91-101(64,65)66)34(85-21(17)28(35)36)81-13-10(7-76-95(46,47)48)79-32(27(92-102(67,68)69)20(13)87-97(52,53)54)83-18-16(73-4)25(90-100(61,62)63)33(84-22(18)29(37)38)80-12-9(6-75-94(43,44)45)77-30(39)23(88-98(55,56)57)19(12)86-96(49,50)51/h8-27,30-34,39H,5-7H2,1-4H3,(H,35,36)(H,37,38)(H,40,41,42)(H,43,44,45)(H,46,47,48)(H,49,50,51)(H,52,53,54)(H,55,56,57)(H,58,59,60)(H,61,62,63)(H,64,65,66)(H,67,68,69)/t8-,9-,10-,11-,12-,13-,14+,15+,16+,17+,18+,19+,20+,21+,22-,23-,24-,25-,26-,27-,30+,31-,32-,33-,34-/m1/s1. The number of hydrogen-bond acceptors (Lipinski definition) is 46. The summed E-state index contributed by atoms with van der Waals surface area (Å²) in [6.07, 6.45) is -75.2.